The minimum absolute atomic E-state index is 0.110. The van der Waals surface area contributed by atoms with E-state index in [4.69, 9.17) is 9.52 Å². The van der Waals surface area contributed by atoms with Gasteiger partial charge in [-0.05, 0) is 23.8 Å². The van der Waals surface area contributed by atoms with Gasteiger partial charge in [-0.15, -0.1) is 11.3 Å². The van der Waals surface area contributed by atoms with Crippen molar-refractivity contribution in [2.75, 3.05) is 0 Å². The lowest BCUT2D eigenvalue weighted by atomic mass is 10.1. The van der Waals surface area contributed by atoms with Crippen LogP contribution in [0.15, 0.2) is 45.2 Å². The van der Waals surface area contributed by atoms with Gasteiger partial charge in [-0.1, -0.05) is 0 Å². The normalized spacial score (nSPS) is 11.5. The van der Waals surface area contributed by atoms with Crippen molar-refractivity contribution in [2.24, 2.45) is 0 Å². The third kappa shape index (κ3) is 1.94. The summed E-state index contributed by atoms with van der Waals surface area (Å²) < 4.78 is 21.1. The second kappa shape index (κ2) is 4.75. The predicted octanol–water partition coefficient (Wildman–Crippen LogP) is 2.80. The number of aliphatic hydroxyl groups is 1. The van der Waals surface area contributed by atoms with Crippen LogP contribution < -0.4 is 5.63 Å². The van der Waals surface area contributed by atoms with Crippen LogP contribution >= 0.6 is 11.3 Å². The molecule has 0 saturated heterocycles. The summed E-state index contributed by atoms with van der Waals surface area (Å²) in [5.41, 5.74) is 0.516. The van der Waals surface area contributed by atoms with Crippen molar-refractivity contribution in [1.82, 2.24) is 9.38 Å². The third-order valence-corrected chi connectivity index (χ3v) is 4.19. The van der Waals surface area contributed by atoms with Crippen molar-refractivity contribution < 1.29 is 13.9 Å². The van der Waals surface area contributed by atoms with Gasteiger partial charge in [0, 0.05) is 17.8 Å². The molecule has 0 aliphatic carbocycles. The topological polar surface area (TPSA) is 67.7 Å². The minimum atomic E-state index is -0.590. The molecule has 3 heterocycles. The summed E-state index contributed by atoms with van der Waals surface area (Å²) in [6.07, 6.45) is 3.52. The van der Waals surface area contributed by atoms with Crippen LogP contribution in [0.2, 0.25) is 0 Å². The molecule has 4 aromatic rings. The summed E-state index contributed by atoms with van der Waals surface area (Å²) in [6, 6.07) is 4.11. The van der Waals surface area contributed by atoms with Gasteiger partial charge in [-0.2, -0.15) is 0 Å². The number of hydrogen-bond acceptors (Lipinski definition) is 5. The number of fused-ring (bicyclic) bond motifs is 2. The van der Waals surface area contributed by atoms with Crippen LogP contribution in [0.25, 0.3) is 27.2 Å². The standard InChI is InChI=1S/C15H9FN2O3S/c16-11-3-8(7-19)4-13-9(11)5-10(14(20)21-13)12-6-18-1-2-22-15(18)17-12/h1-6,19H,7H2. The van der Waals surface area contributed by atoms with Crippen molar-refractivity contribution in [3.8, 4) is 11.3 Å². The van der Waals surface area contributed by atoms with E-state index in [0.717, 1.165) is 4.96 Å². The van der Waals surface area contributed by atoms with E-state index >= 15 is 0 Å². The van der Waals surface area contributed by atoms with Crippen molar-refractivity contribution in [3.05, 3.63) is 57.8 Å². The van der Waals surface area contributed by atoms with Gasteiger partial charge in [-0.3, -0.25) is 4.40 Å². The first kappa shape index (κ1) is 13.2. The summed E-state index contributed by atoms with van der Waals surface area (Å²) in [6.45, 7) is -0.324. The van der Waals surface area contributed by atoms with Crippen LogP contribution in [0, 0.1) is 5.82 Å². The maximum Gasteiger partial charge on any atom is 0.345 e. The molecular weight excluding hydrogens is 307 g/mol. The fourth-order valence-electron chi connectivity index (χ4n) is 2.36. The predicted molar refractivity (Wildman–Crippen MR) is 80.4 cm³/mol. The monoisotopic (exact) mass is 316 g/mol. The zero-order chi connectivity index (χ0) is 15.3. The number of aromatic nitrogens is 2. The van der Waals surface area contributed by atoms with Crippen LogP contribution in [0.3, 0.4) is 0 Å². The molecule has 1 N–H and O–H groups in total. The number of benzene rings is 1. The van der Waals surface area contributed by atoms with Gasteiger partial charge in [0.05, 0.1) is 23.3 Å². The van der Waals surface area contributed by atoms with E-state index in [9.17, 15) is 9.18 Å². The molecule has 0 spiro atoms. The molecule has 7 heteroatoms. The first-order valence-electron chi connectivity index (χ1n) is 6.45. The highest BCUT2D eigenvalue weighted by Gasteiger charge is 2.14. The van der Waals surface area contributed by atoms with Gasteiger partial charge < -0.3 is 9.52 Å². The zero-order valence-corrected chi connectivity index (χ0v) is 11.9. The molecule has 0 radical (unpaired) electrons. The van der Waals surface area contributed by atoms with E-state index in [2.05, 4.69) is 4.98 Å². The molecule has 0 amide bonds. The van der Waals surface area contributed by atoms with Gasteiger partial charge in [0.25, 0.3) is 0 Å². The van der Waals surface area contributed by atoms with E-state index < -0.39 is 11.4 Å². The molecule has 0 fully saturated rings. The number of nitrogens with zero attached hydrogens (tertiary/aromatic N) is 2. The van der Waals surface area contributed by atoms with Gasteiger partial charge in [0.2, 0.25) is 0 Å². The zero-order valence-electron chi connectivity index (χ0n) is 11.1. The van der Waals surface area contributed by atoms with E-state index in [1.165, 1.54) is 29.5 Å². The second-order valence-corrected chi connectivity index (χ2v) is 5.69. The lowest BCUT2D eigenvalue weighted by Gasteiger charge is -2.03. The van der Waals surface area contributed by atoms with Crippen LogP contribution in [-0.2, 0) is 6.61 Å². The van der Waals surface area contributed by atoms with Crippen molar-refractivity contribution in [1.29, 1.82) is 0 Å². The lowest BCUT2D eigenvalue weighted by molar-refractivity contribution is 0.281. The summed E-state index contributed by atoms with van der Waals surface area (Å²) in [5, 5.41) is 11.1. The average molecular weight is 316 g/mol. The number of rotatable bonds is 2. The van der Waals surface area contributed by atoms with E-state index in [0.29, 0.717) is 11.3 Å². The maximum atomic E-state index is 14.1. The molecule has 22 heavy (non-hydrogen) atoms. The van der Waals surface area contributed by atoms with Gasteiger partial charge in [0.1, 0.15) is 11.4 Å². The third-order valence-electron chi connectivity index (χ3n) is 3.41. The molecule has 3 aromatic heterocycles. The Balaban J connectivity index is 1.98. The highest BCUT2D eigenvalue weighted by molar-refractivity contribution is 7.15. The Morgan fingerprint density at radius 1 is 1.36 bits per heavy atom. The molecule has 0 aliphatic heterocycles. The Morgan fingerprint density at radius 3 is 3.00 bits per heavy atom. The molecule has 0 aliphatic rings. The SMILES string of the molecule is O=c1oc2cc(CO)cc(F)c2cc1-c1cn2ccsc2n1. The number of halogens is 1. The molecule has 0 unspecified atom stereocenters. The Bertz CT molecular complexity index is 1040. The highest BCUT2D eigenvalue weighted by Crippen LogP contribution is 2.25. The second-order valence-electron chi connectivity index (χ2n) is 4.81. The summed E-state index contributed by atoms with van der Waals surface area (Å²) in [4.78, 5) is 17.2. The Labute approximate surface area is 126 Å². The van der Waals surface area contributed by atoms with E-state index in [1.807, 2.05) is 11.6 Å². The van der Waals surface area contributed by atoms with Gasteiger partial charge >= 0.3 is 5.63 Å². The molecule has 0 saturated carbocycles. The molecule has 110 valence electrons. The van der Waals surface area contributed by atoms with Crippen LogP contribution in [-0.4, -0.2) is 14.5 Å². The minimum Gasteiger partial charge on any atom is -0.422 e. The Hall–Kier alpha value is -2.51. The van der Waals surface area contributed by atoms with E-state index in [-0.39, 0.29) is 23.1 Å². The quantitative estimate of drug-likeness (QED) is 0.577. The molecule has 4 rings (SSSR count). The summed E-state index contributed by atoms with van der Waals surface area (Å²) in [5.74, 6) is -0.549. The fourth-order valence-corrected chi connectivity index (χ4v) is 3.06. The van der Waals surface area contributed by atoms with Gasteiger partial charge in [0.15, 0.2) is 4.96 Å². The van der Waals surface area contributed by atoms with Crippen LogP contribution in [0.1, 0.15) is 5.56 Å². The number of hydrogen-bond donors (Lipinski definition) is 1. The molecule has 1 aromatic carbocycles. The first-order chi connectivity index (χ1) is 10.7. The Kier molecular flexibility index (Phi) is 2.85. The molecule has 0 bridgehead atoms. The van der Waals surface area contributed by atoms with Crippen molar-refractivity contribution in [3.63, 3.8) is 0 Å². The first-order valence-corrected chi connectivity index (χ1v) is 7.33. The largest absolute Gasteiger partial charge is 0.422 e. The number of aliphatic hydroxyl groups excluding tert-OH is 1. The van der Waals surface area contributed by atoms with Crippen molar-refractivity contribution >= 4 is 27.3 Å². The lowest BCUT2D eigenvalue weighted by Crippen LogP contribution is -2.04. The van der Waals surface area contributed by atoms with Crippen molar-refractivity contribution in [2.45, 2.75) is 6.61 Å². The average Bonchev–Trinajstić information content (AvgIpc) is 3.07. The summed E-state index contributed by atoms with van der Waals surface area (Å²) in [7, 11) is 0. The molecule has 0 atom stereocenters. The van der Waals surface area contributed by atoms with E-state index in [1.54, 1.807) is 10.6 Å². The molecule has 5 nitrogen and oxygen atoms in total. The number of imidazole rings is 1. The molecular formula is C15H9FN2O3S. The van der Waals surface area contributed by atoms with Crippen LogP contribution in [0.4, 0.5) is 4.39 Å². The fraction of sp³-hybridized carbons (Fsp3) is 0.0667. The van der Waals surface area contributed by atoms with Gasteiger partial charge in [-0.25, -0.2) is 14.2 Å². The highest BCUT2D eigenvalue weighted by atomic mass is 32.1. The Morgan fingerprint density at radius 2 is 2.23 bits per heavy atom. The summed E-state index contributed by atoms with van der Waals surface area (Å²) >= 11 is 1.44. The number of thiazole rings is 1. The smallest absolute Gasteiger partial charge is 0.345 e. The van der Waals surface area contributed by atoms with Crippen LogP contribution in [0.5, 0.6) is 0 Å². The maximum absolute atomic E-state index is 14.1.